The van der Waals surface area contributed by atoms with Gasteiger partial charge in [-0.1, -0.05) is 12.2 Å². The number of carboxylic acid groups (broad SMARTS) is 1. The van der Waals surface area contributed by atoms with Crippen LogP contribution in [0, 0.1) is 13.8 Å². The summed E-state index contributed by atoms with van der Waals surface area (Å²) in [6.07, 6.45) is 3.71. The largest absolute Gasteiger partial charge is 0.478 e. The van der Waals surface area contributed by atoms with Gasteiger partial charge >= 0.3 is 5.97 Å². The van der Waals surface area contributed by atoms with Gasteiger partial charge in [0.15, 0.2) is 0 Å². The molecular weight excluding hydrogens is 642 g/mol. The van der Waals surface area contributed by atoms with Gasteiger partial charge in [0.25, 0.3) is 11.8 Å². The highest BCUT2D eigenvalue weighted by atomic mass is 16.4. The molecule has 256 valence electrons. The average molecular weight is 678 g/mol. The van der Waals surface area contributed by atoms with Gasteiger partial charge in [-0.3, -0.25) is 34.4 Å². The Balaban J connectivity index is 1.32. The number of carbonyl (C=O) groups is 4. The highest BCUT2D eigenvalue weighted by molar-refractivity contribution is 6.04. The van der Waals surface area contributed by atoms with E-state index in [0.29, 0.717) is 57.9 Å². The highest BCUT2D eigenvalue weighted by Crippen LogP contribution is 2.24. The number of primary amides is 1. The zero-order valence-corrected chi connectivity index (χ0v) is 27.8. The van der Waals surface area contributed by atoms with E-state index in [1.807, 2.05) is 26.0 Å². The molecule has 0 atom stereocenters. The number of fused-ring (bicyclic) bond motifs is 2. The van der Waals surface area contributed by atoms with E-state index in [1.165, 1.54) is 12.1 Å². The van der Waals surface area contributed by atoms with Gasteiger partial charge in [-0.05, 0) is 76.2 Å². The predicted molar refractivity (Wildman–Crippen MR) is 185 cm³/mol. The summed E-state index contributed by atoms with van der Waals surface area (Å²) in [6, 6.07) is 12.8. The smallest absolute Gasteiger partial charge is 0.335 e. The first-order valence-electron chi connectivity index (χ1n) is 15.9. The Labute approximate surface area is 285 Å². The van der Waals surface area contributed by atoms with E-state index in [-0.39, 0.29) is 36.1 Å². The molecule has 16 heteroatoms. The fraction of sp³-hybridized carbons (Fsp3) is 0.235. The lowest BCUT2D eigenvalue weighted by atomic mass is 10.2. The quantitative estimate of drug-likeness (QED) is 0.138. The zero-order chi connectivity index (χ0) is 35.7. The first-order chi connectivity index (χ1) is 24.0. The van der Waals surface area contributed by atoms with Crippen molar-refractivity contribution in [2.24, 2.45) is 5.73 Å². The first-order valence-corrected chi connectivity index (χ1v) is 15.9. The Kier molecular flexibility index (Phi) is 9.00. The number of anilines is 2. The van der Waals surface area contributed by atoms with Gasteiger partial charge in [0, 0.05) is 31.7 Å². The third-order valence-corrected chi connectivity index (χ3v) is 8.09. The summed E-state index contributed by atoms with van der Waals surface area (Å²) in [4.78, 5) is 59.4. The predicted octanol–water partition coefficient (Wildman–Crippen LogP) is 3.99. The van der Waals surface area contributed by atoms with Crippen LogP contribution < -0.4 is 16.4 Å². The Morgan fingerprint density at radius 2 is 1.16 bits per heavy atom. The lowest BCUT2D eigenvalue weighted by Crippen LogP contribution is -2.20. The average Bonchev–Trinajstić information content (AvgIpc) is 3.84. The van der Waals surface area contributed by atoms with Crippen LogP contribution in [0.4, 0.5) is 11.9 Å². The van der Waals surface area contributed by atoms with Gasteiger partial charge in [0.1, 0.15) is 11.4 Å². The number of allylic oxidation sites excluding steroid dienone is 2. The maximum atomic E-state index is 13.4. The van der Waals surface area contributed by atoms with Crippen molar-refractivity contribution < 1.29 is 24.3 Å². The second-order valence-electron chi connectivity index (χ2n) is 11.5. The molecule has 4 aromatic heterocycles. The molecule has 0 spiro atoms. The molecule has 0 aliphatic carbocycles. The van der Waals surface area contributed by atoms with Gasteiger partial charge in [0.05, 0.1) is 39.0 Å². The van der Waals surface area contributed by atoms with Crippen LogP contribution in [0.3, 0.4) is 0 Å². The monoisotopic (exact) mass is 677 g/mol. The molecule has 16 nitrogen and oxygen atoms in total. The molecule has 0 saturated heterocycles. The van der Waals surface area contributed by atoms with Crippen LogP contribution >= 0.6 is 0 Å². The normalized spacial score (nSPS) is 11.5. The number of hydrogen-bond acceptors (Lipinski definition) is 8. The van der Waals surface area contributed by atoms with Crippen LogP contribution in [0.5, 0.6) is 0 Å². The third-order valence-electron chi connectivity index (χ3n) is 8.09. The van der Waals surface area contributed by atoms with E-state index >= 15 is 0 Å². The molecule has 50 heavy (non-hydrogen) atoms. The van der Waals surface area contributed by atoms with Crippen molar-refractivity contribution >= 4 is 57.7 Å². The molecule has 0 bridgehead atoms. The molecule has 4 heterocycles. The Bertz CT molecular complexity index is 2180. The number of benzene rings is 2. The number of aromatic nitrogens is 8. The van der Waals surface area contributed by atoms with Crippen LogP contribution in [0.1, 0.15) is 66.9 Å². The summed E-state index contributed by atoms with van der Waals surface area (Å²) < 4.78 is 6.74. The van der Waals surface area contributed by atoms with Gasteiger partial charge in [-0.25, -0.2) is 14.8 Å². The summed E-state index contributed by atoms with van der Waals surface area (Å²) in [5.41, 5.74) is 10.1. The molecule has 5 N–H and O–H groups in total. The van der Waals surface area contributed by atoms with Crippen LogP contribution in [0.15, 0.2) is 60.7 Å². The molecule has 0 fully saturated rings. The third kappa shape index (κ3) is 6.45. The fourth-order valence-electron chi connectivity index (χ4n) is 5.74. The van der Waals surface area contributed by atoms with E-state index < -0.39 is 23.7 Å². The Morgan fingerprint density at radius 3 is 1.58 bits per heavy atom. The standard InChI is InChI=1S/C34H35N11O5/c1-5-44-27(15-19(3)40-44)30(47)38-33-36-23-17-21(29(35)46)9-11-25(23)42(33)13-7-8-14-43-26-12-10-22(32(49)50)18-24(26)37-34(43)39-31(48)28-16-20(4)41-45(28)6-2/h7-12,15-18H,5-6,13-14H2,1-4H3,(H2,35,46)(H,49,50)(H,36,38,47)(H,37,39,48)/b8-7+. The fourth-order valence-corrected chi connectivity index (χ4v) is 5.74. The number of aryl methyl sites for hydroxylation is 4. The van der Waals surface area contributed by atoms with Crippen LogP contribution in [0.25, 0.3) is 22.1 Å². The van der Waals surface area contributed by atoms with E-state index in [1.54, 1.807) is 68.7 Å². The number of rotatable bonds is 12. The lowest BCUT2D eigenvalue weighted by molar-refractivity contribution is 0.0696. The Morgan fingerprint density at radius 1 is 0.720 bits per heavy atom. The number of nitrogens with one attached hydrogen (secondary N) is 2. The topological polar surface area (TPSA) is 210 Å². The van der Waals surface area contributed by atoms with E-state index in [4.69, 9.17) is 5.73 Å². The maximum absolute atomic E-state index is 13.4. The Hall–Kier alpha value is -6.58. The number of hydrogen-bond donors (Lipinski definition) is 4. The molecule has 3 amide bonds. The second-order valence-corrected chi connectivity index (χ2v) is 11.5. The van der Waals surface area contributed by atoms with Gasteiger partial charge in [-0.15, -0.1) is 0 Å². The van der Waals surface area contributed by atoms with Crippen molar-refractivity contribution in [2.45, 2.75) is 53.9 Å². The zero-order valence-electron chi connectivity index (χ0n) is 27.8. The minimum atomic E-state index is -1.10. The molecule has 0 aliphatic rings. The molecular formula is C34H35N11O5. The summed E-state index contributed by atoms with van der Waals surface area (Å²) in [6.45, 7) is 8.89. The molecule has 0 radical (unpaired) electrons. The number of nitrogens with zero attached hydrogens (tertiary/aromatic N) is 8. The maximum Gasteiger partial charge on any atom is 0.335 e. The molecule has 0 aliphatic heterocycles. The van der Waals surface area contributed by atoms with E-state index in [0.717, 1.165) is 0 Å². The number of nitrogens with two attached hydrogens (primary N) is 1. The summed E-state index contributed by atoms with van der Waals surface area (Å²) >= 11 is 0. The van der Waals surface area contributed by atoms with Crippen LogP contribution in [0.2, 0.25) is 0 Å². The van der Waals surface area contributed by atoms with Gasteiger partial charge < -0.3 is 20.0 Å². The van der Waals surface area contributed by atoms with E-state index in [2.05, 4.69) is 30.8 Å². The lowest BCUT2D eigenvalue weighted by Gasteiger charge is -2.10. The van der Waals surface area contributed by atoms with Crippen molar-refractivity contribution in [1.82, 2.24) is 38.7 Å². The van der Waals surface area contributed by atoms with Gasteiger partial charge in [0.2, 0.25) is 17.8 Å². The van der Waals surface area contributed by atoms with Crippen molar-refractivity contribution in [3.8, 4) is 0 Å². The summed E-state index contributed by atoms with van der Waals surface area (Å²) in [5.74, 6) is -2.03. The summed E-state index contributed by atoms with van der Waals surface area (Å²) in [7, 11) is 0. The van der Waals surface area contributed by atoms with Crippen molar-refractivity contribution in [2.75, 3.05) is 10.6 Å². The van der Waals surface area contributed by atoms with Crippen LogP contribution in [-0.4, -0.2) is 67.5 Å². The van der Waals surface area contributed by atoms with Crippen molar-refractivity contribution in [3.05, 3.63) is 94.6 Å². The number of imidazole rings is 2. The second kappa shape index (κ2) is 13.5. The van der Waals surface area contributed by atoms with Crippen molar-refractivity contribution in [1.29, 1.82) is 0 Å². The molecule has 2 aromatic carbocycles. The first kappa shape index (κ1) is 33.3. The van der Waals surface area contributed by atoms with Crippen molar-refractivity contribution in [3.63, 3.8) is 0 Å². The minimum absolute atomic E-state index is 0.0634. The number of aromatic carboxylic acids is 1. The SMILES string of the molecule is CCn1nc(C)cc1C(=O)Nc1nc2cc(C(N)=O)ccc2n1C/C=C/Cn1c(NC(=O)c2cc(C)nn2CC)nc2cc(C(=O)O)ccc21. The number of carboxylic acids is 1. The van der Waals surface area contributed by atoms with Crippen LogP contribution in [-0.2, 0) is 26.2 Å². The minimum Gasteiger partial charge on any atom is -0.478 e. The number of carbonyl (C=O) groups excluding carboxylic acids is 3. The highest BCUT2D eigenvalue weighted by Gasteiger charge is 2.20. The summed E-state index contributed by atoms with van der Waals surface area (Å²) in [5, 5.41) is 24.0. The molecule has 0 unspecified atom stereocenters. The molecule has 6 aromatic rings. The number of amides is 3. The molecule has 0 saturated carbocycles. The van der Waals surface area contributed by atoms with E-state index in [9.17, 15) is 24.3 Å². The molecule has 6 rings (SSSR count). The van der Waals surface area contributed by atoms with Gasteiger partial charge in [-0.2, -0.15) is 10.2 Å².